The molecule has 0 bridgehead atoms. The predicted molar refractivity (Wildman–Crippen MR) is 116 cm³/mol. The SMILES string of the molecule is O=C(/C=C/c1ccc(Oc2cccnc2)c(F)c1)N1CCOC(c2ccc(Cl)cc2)C1. The Labute approximate surface area is 184 Å². The fraction of sp³-hybridized carbons (Fsp3) is 0.167. The van der Waals surface area contributed by atoms with Crippen molar-refractivity contribution in [2.45, 2.75) is 6.10 Å². The van der Waals surface area contributed by atoms with Crippen molar-refractivity contribution >= 4 is 23.6 Å². The molecule has 0 N–H and O–H groups in total. The van der Waals surface area contributed by atoms with E-state index in [-0.39, 0.29) is 17.8 Å². The largest absolute Gasteiger partial charge is 0.453 e. The van der Waals surface area contributed by atoms with Crippen LogP contribution in [0.4, 0.5) is 4.39 Å². The average Bonchev–Trinajstić information content (AvgIpc) is 2.80. The van der Waals surface area contributed by atoms with Gasteiger partial charge in [-0.05, 0) is 53.6 Å². The van der Waals surface area contributed by atoms with Crippen LogP contribution in [0.2, 0.25) is 5.02 Å². The fourth-order valence-corrected chi connectivity index (χ4v) is 3.37. The van der Waals surface area contributed by atoms with E-state index < -0.39 is 5.82 Å². The van der Waals surface area contributed by atoms with E-state index in [0.29, 0.717) is 36.0 Å². The van der Waals surface area contributed by atoms with Crippen molar-refractivity contribution in [2.24, 2.45) is 0 Å². The molecular formula is C24H20ClFN2O3. The number of amides is 1. The number of rotatable bonds is 5. The van der Waals surface area contributed by atoms with Crippen molar-refractivity contribution in [2.75, 3.05) is 19.7 Å². The molecule has 1 aliphatic heterocycles. The molecule has 1 saturated heterocycles. The lowest BCUT2D eigenvalue weighted by Crippen LogP contribution is -2.41. The summed E-state index contributed by atoms with van der Waals surface area (Å²) in [5, 5.41) is 0.652. The maximum absolute atomic E-state index is 14.4. The standard InChI is InChI=1S/C24H20ClFN2O3/c25-19-7-5-18(6-8-19)23-16-28(12-13-30-23)24(29)10-4-17-3-9-22(21(26)14-17)31-20-2-1-11-27-15-20/h1-11,14-15,23H,12-13,16H2/b10-4+. The van der Waals surface area contributed by atoms with Crippen LogP contribution in [-0.4, -0.2) is 35.5 Å². The van der Waals surface area contributed by atoms with Gasteiger partial charge in [0.2, 0.25) is 5.91 Å². The number of carbonyl (C=O) groups excluding carboxylic acids is 1. The van der Waals surface area contributed by atoms with Gasteiger partial charge in [0.1, 0.15) is 11.9 Å². The summed E-state index contributed by atoms with van der Waals surface area (Å²) >= 11 is 5.94. The molecule has 0 aliphatic carbocycles. The van der Waals surface area contributed by atoms with Gasteiger partial charge in [0.25, 0.3) is 0 Å². The first kappa shape index (κ1) is 21.0. The Morgan fingerprint density at radius 2 is 2.06 bits per heavy atom. The highest BCUT2D eigenvalue weighted by Crippen LogP contribution is 2.26. The number of ether oxygens (including phenoxy) is 2. The molecule has 158 valence electrons. The molecule has 0 radical (unpaired) electrons. The van der Waals surface area contributed by atoms with Gasteiger partial charge in [-0.25, -0.2) is 4.39 Å². The van der Waals surface area contributed by atoms with Gasteiger partial charge in [-0.15, -0.1) is 0 Å². The summed E-state index contributed by atoms with van der Waals surface area (Å²) < 4.78 is 25.7. The van der Waals surface area contributed by atoms with E-state index in [0.717, 1.165) is 5.56 Å². The second-order valence-corrected chi connectivity index (χ2v) is 7.45. The van der Waals surface area contributed by atoms with Gasteiger partial charge >= 0.3 is 0 Å². The molecule has 2 heterocycles. The van der Waals surface area contributed by atoms with E-state index in [1.54, 1.807) is 47.5 Å². The summed E-state index contributed by atoms with van der Waals surface area (Å²) in [5.41, 5.74) is 1.53. The summed E-state index contributed by atoms with van der Waals surface area (Å²) in [6.45, 7) is 1.39. The van der Waals surface area contributed by atoms with Gasteiger partial charge in [0, 0.05) is 23.8 Å². The number of hydrogen-bond donors (Lipinski definition) is 0. The maximum Gasteiger partial charge on any atom is 0.246 e. The van der Waals surface area contributed by atoms with E-state index >= 15 is 0 Å². The quantitative estimate of drug-likeness (QED) is 0.508. The molecule has 1 aromatic heterocycles. The second kappa shape index (κ2) is 9.73. The summed E-state index contributed by atoms with van der Waals surface area (Å²) in [6, 6.07) is 15.3. The first-order chi connectivity index (χ1) is 15.1. The average molecular weight is 439 g/mol. The zero-order valence-corrected chi connectivity index (χ0v) is 17.3. The van der Waals surface area contributed by atoms with Gasteiger partial charge in [0.15, 0.2) is 11.6 Å². The molecule has 1 aliphatic rings. The Kier molecular flexibility index (Phi) is 6.60. The minimum Gasteiger partial charge on any atom is -0.453 e. The zero-order chi connectivity index (χ0) is 21.6. The Morgan fingerprint density at radius 3 is 2.81 bits per heavy atom. The van der Waals surface area contributed by atoms with Gasteiger partial charge in [-0.3, -0.25) is 9.78 Å². The van der Waals surface area contributed by atoms with Gasteiger partial charge in [-0.2, -0.15) is 0 Å². The van der Waals surface area contributed by atoms with E-state index in [1.807, 2.05) is 12.1 Å². The molecule has 5 nitrogen and oxygen atoms in total. The highest BCUT2D eigenvalue weighted by atomic mass is 35.5. The molecule has 0 saturated carbocycles. The Hall–Kier alpha value is -3.22. The fourth-order valence-electron chi connectivity index (χ4n) is 3.24. The molecular weight excluding hydrogens is 419 g/mol. The molecule has 3 aromatic rings. The summed E-state index contributed by atoms with van der Waals surface area (Å²) in [5.74, 6) is -0.135. The number of benzene rings is 2. The number of halogens is 2. The molecule has 2 aromatic carbocycles. The monoisotopic (exact) mass is 438 g/mol. The first-order valence-electron chi connectivity index (χ1n) is 9.80. The summed E-state index contributed by atoms with van der Waals surface area (Å²) in [7, 11) is 0. The smallest absolute Gasteiger partial charge is 0.246 e. The third-order valence-electron chi connectivity index (χ3n) is 4.86. The second-order valence-electron chi connectivity index (χ2n) is 7.01. The van der Waals surface area contributed by atoms with E-state index in [2.05, 4.69) is 4.98 Å². The van der Waals surface area contributed by atoms with E-state index in [4.69, 9.17) is 21.1 Å². The first-order valence-corrected chi connectivity index (χ1v) is 10.2. The van der Waals surface area contributed by atoms with Gasteiger partial charge in [-0.1, -0.05) is 29.8 Å². The molecule has 31 heavy (non-hydrogen) atoms. The molecule has 1 unspecified atom stereocenters. The maximum atomic E-state index is 14.4. The number of aromatic nitrogens is 1. The van der Waals surface area contributed by atoms with Crippen LogP contribution < -0.4 is 4.74 Å². The number of carbonyl (C=O) groups is 1. The van der Waals surface area contributed by atoms with Crippen LogP contribution >= 0.6 is 11.6 Å². The highest BCUT2D eigenvalue weighted by Gasteiger charge is 2.24. The van der Waals surface area contributed by atoms with Gasteiger partial charge in [0.05, 0.1) is 19.3 Å². The van der Waals surface area contributed by atoms with Crippen molar-refractivity contribution < 1.29 is 18.7 Å². The third kappa shape index (κ3) is 5.48. The summed E-state index contributed by atoms with van der Waals surface area (Å²) in [4.78, 5) is 18.3. The lowest BCUT2D eigenvalue weighted by Gasteiger charge is -2.32. The molecule has 0 spiro atoms. The Morgan fingerprint density at radius 1 is 1.23 bits per heavy atom. The van der Waals surface area contributed by atoms with Crippen LogP contribution in [0.1, 0.15) is 17.2 Å². The molecule has 1 atom stereocenters. The lowest BCUT2D eigenvalue weighted by atomic mass is 10.1. The Bertz CT molecular complexity index is 1070. The minimum absolute atomic E-state index is 0.0930. The van der Waals surface area contributed by atoms with Crippen LogP contribution in [0.5, 0.6) is 11.5 Å². The van der Waals surface area contributed by atoms with Crippen LogP contribution in [-0.2, 0) is 9.53 Å². The van der Waals surface area contributed by atoms with Crippen molar-refractivity contribution in [3.63, 3.8) is 0 Å². The van der Waals surface area contributed by atoms with Crippen molar-refractivity contribution in [3.8, 4) is 11.5 Å². The van der Waals surface area contributed by atoms with Crippen LogP contribution in [0, 0.1) is 5.82 Å². The Balaban J connectivity index is 1.39. The highest BCUT2D eigenvalue weighted by molar-refractivity contribution is 6.30. The topological polar surface area (TPSA) is 51.7 Å². The van der Waals surface area contributed by atoms with Crippen molar-refractivity contribution in [1.82, 2.24) is 9.88 Å². The summed E-state index contributed by atoms with van der Waals surface area (Å²) in [6.07, 6.45) is 5.95. The third-order valence-corrected chi connectivity index (χ3v) is 5.11. The van der Waals surface area contributed by atoms with Crippen LogP contribution in [0.15, 0.2) is 73.1 Å². The van der Waals surface area contributed by atoms with Crippen LogP contribution in [0.25, 0.3) is 6.08 Å². The number of morpholine rings is 1. The van der Waals surface area contributed by atoms with Crippen molar-refractivity contribution in [1.29, 1.82) is 0 Å². The molecule has 7 heteroatoms. The minimum atomic E-state index is -0.521. The van der Waals surface area contributed by atoms with Crippen molar-refractivity contribution in [3.05, 3.63) is 95.0 Å². The number of hydrogen-bond acceptors (Lipinski definition) is 4. The molecule has 4 rings (SSSR count). The lowest BCUT2D eigenvalue weighted by molar-refractivity contribution is -0.133. The zero-order valence-electron chi connectivity index (χ0n) is 16.6. The molecule has 1 fully saturated rings. The molecule has 1 amide bonds. The van der Waals surface area contributed by atoms with E-state index in [1.165, 1.54) is 24.4 Å². The van der Waals surface area contributed by atoms with E-state index in [9.17, 15) is 9.18 Å². The normalized spacial score (nSPS) is 16.5. The van der Waals surface area contributed by atoms with Gasteiger partial charge < -0.3 is 14.4 Å². The number of nitrogens with zero attached hydrogens (tertiary/aromatic N) is 2. The predicted octanol–water partition coefficient (Wildman–Crippen LogP) is 5.28. The van der Waals surface area contributed by atoms with Crippen LogP contribution in [0.3, 0.4) is 0 Å². The number of pyridine rings is 1.